The van der Waals surface area contributed by atoms with E-state index in [4.69, 9.17) is 0 Å². The van der Waals surface area contributed by atoms with Gasteiger partial charge in [0, 0.05) is 37.2 Å². The first-order valence-electron chi connectivity index (χ1n) is 7.41. The molecule has 0 bridgehead atoms. The average Bonchev–Trinajstić information content (AvgIpc) is 2.55. The standard InChI is InChI=1S/C16H18N4O2/c1-11-4-3-7-20(10-11)15-13(16(21)22)9-18-14(19-15)12-5-2-6-17-8-12/h2,5-6,8-9,11H,3-4,7,10H2,1H3,(H,21,22). The van der Waals surface area contributed by atoms with Crippen LogP contribution in [0.2, 0.25) is 0 Å². The van der Waals surface area contributed by atoms with Crippen molar-refractivity contribution in [3.63, 3.8) is 0 Å². The lowest BCUT2D eigenvalue weighted by Gasteiger charge is -2.32. The lowest BCUT2D eigenvalue weighted by atomic mass is 10.00. The smallest absolute Gasteiger partial charge is 0.341 e. The molecule has 1 N–H and O–H groups in total. The van der Waals surface area contributed by atoms with Gasteiger partial charge in [0.1, 0.15) is 11.4 Å². The molecule has 2 aromatic heterocycles. The van der Waals surface area contributed by atoms with Gasteiger partial charge in [-0.25, -0.2) is 14.8 Å². The molecule has 1 unspecified atom stereocenters. The fraction of sp³-hybridized carbons (Fsp3) is 0.375. The minimum absolute atomic E-state index is 0.154. The van der Waals surface area contributed by atoms with Crippen molar-refractivity contribution in [2.24, 2.45) is 5.92 Å². The Morgan fingerprint density at radius 1 is 1.41 bits per heavy atom. The van der Waals surface area contributed by atoms with E-state index in [1.165, 1.54) is 12.6 Å². The molecule has 1 saturated heterocycles. The largest absolute Gasteiger partial charge is 0.477 e. The summed E-state index contributed by atoms with van der Waals surface area (Å²) in [5.74, 6) is 0.553. The predicted molar refractivity (Wildman–Crippen MR) is 82.8 cm³/mol. The maximum atomic E-state index is 11.5. The Morgan fingerprint density at radius 2 is 2.27 bits per heavy atom. The van der Waals surface area contributed by atoms with Crippen molar-refractivity contribution in [1.82, 2.24) is 15.0 Å². The highest BCUT2D eigenvalue weighted by Gasteiger charge is 2.23. The van der Waals surface area contributed by atoms with E-state index in [-0.39, 0.29) is 5.56 Å². The molecule has 0 amide bonds. The molecule has 2 aromatic rings. The second-order valence-electron chi connectivity index (χ2n) is 5.67. The highest BCUT2D eigenvalue weighted by atomic mass is 16.4. The number of hydrogen-bond acceptors (Lipinski definition) is 5. The molecule has 3 rings (SSSR count). The van der Waals surface area contributed by atoms with Crippen LogP contribution in [0.15, 0.2) is 30.7 Å². The van der Waals surface area contributed by atoms with E-state index in [0.29, 0.717) is 17.6 Å². The van der Waals surface area contributed by atoms with E-state index < -0.39 is 5.97 Å². The zero-order valence-corrected chi connectivity index (χ0v) is 12.4. The lowest BCUT2D eigenvalue weighted by Crippen LogP contribution is -2.36. The first-order chi connectivity index (χ1) is 10.6. The summed E-state index contributed by atoms with van der Waals surface area (Å²) in [5, 5.41) is 9.40. The van der Waals surface area contributed by atoms with Crippen molar-refractivity contribution in [1.29, 1.82) is 0 Å². The van der Waals surface area contributed by atoms with Gasteiger partial charge in [-0.3, -0.25) is 4.98 Å². The van der Waals surface area contributed by atoms with Crippen LogP contribution in [0.5, 0.6) is 0 Å². The topological polar surface area (TPSA) is 79.2 Å². The Kier molecular flexibility index (Phi) is 4.00. The Morgan fingerprint density at radius 3 is 2.95 bits per heavy atom. The second kappa shape index (κ2) is 6.09. The summed E-state index contributed by atoms with van der Waals surface area (Å²) >= 11 is 0. The zero-order chi connectivity index (χ0) is 15.5. The van der Waals surface area contributed by atoms with Crippen molar-refractivity contribution in [2.45, 2.75) is 19.8 Å². The number of pyridine rings is 1. The molecule has 0 spiro atoms. The van der Waals surface area contributed by atoms with E-state index in [1.807, 2.05) is 12.1 Å². The summed E-state index contributed by atoms with van der Waals surface area (Å²) in [6, 6.07) is 3.68. The fourth-order valence-corrected chi connectivity index (χ4v) is 2.78. The Labute approximate surface area is 128 Å². The number of carboxylic acid groups (broad SMARTS) is 1. The SMILES string of the molecule is CC1CCCN(c2nc(-c3cccnc3)ncc2C(=O)O)C1. The van der Waals surface area contributed by atoms with Gasteiger partial charge in [0.15, 0.2) is 5.82 Å². The molecule has 6 heteroatoms. The summed E-state index contributed by atoms with van der Waals surface area (Å²) in [6.45, 7) is 3.83. The van der Waals surface area contributed by atoms with E-state index in [0.717, 1.165) is 25.1 Å². The van der Waals surface area contributed by atoms with Crippen LogP contribution in [0.25, 0.3) is 11.4 Å². The van der Waals surface area contributed by atoms with Crippen LogP contribution in [0.3, 0.4) is 0 Å². The molecular weight excluding hydrogens is 280 g/mol. The third-order valence-electron chi connectivity index (χ3n) is 3.88. The van der Waals surface area contributed by atoms with Crippen molar-refractivity contribution >= 4 is 11.8 Å². The van der Waals surface area contributed by atoms with Gasteiger partial charge in [-0.1, -0.05) is 6.92 Å². The monoisotopic (exact) mass is 298 g/mol. The number of nitrogens with zero attached hydrogens (tertiary/aromatic N) is 4. The molecule has 1 fully saturated rings. The van der Waals surface area contributed by atoms with Crippen LogP contribution in [-0.4, -0.2) is 39.1 Å². The van der Waals surface area contributed by atoms with Crippen molar-refractivity contribution in [2.75, 3.05) is 18.0 Å². The number of aromatic nitrogens is 3. The summed E-state index contributed by atoms with van der Waals surface area (Å²) < 4.78 is 0. The third-order valence-corrected chi connectivity index (χ3v) is 3.88. The van der Waals surface area contributed by atoms with Crippen LogP contribution in [-0.2, 0) is 0 Å². The van der Waals surface area contributed by atoms with Crippen molar-refractivity contribution < 1.29 is 9.90 Å². The number of carboxylic acids is 1. The molecule has 0 aliphatic carbocycles. The quantitative estimate of drug-likeness (QED) is 0.937. The van der Waals surface area contributed by atoms with Crippen LogP contribution in [0.1, 0.15) is 30.1 Å². The van der Waals surface area contributed by atoms with Gasteiger partial charge in [-0.2, -0.15) is 0 Å². The Hall–Kier alpha value is -2.50. The van der Waals surface area contributed by atoms with E-state index in [2.05, 4.69) is 26.8 Å². The van der Waals surface area contributed by atoms with Gasteiger partial charge in [0.2, 0.25) is 0 Å². The van der Waals surface area contributed by atoms with Crippen molar-refractivity contribution in [3.05, 3.63) is 36.3 Å². The molecule has 1 aliphatic rings. The van der Waals surface area contributed by atoms with Crippen LogP contribution in [0.4, 0.5) is 5.82 Å². The van der Waals surface area contributed by atoms with Crippen LogP contribution in [0, 0.1) is 5.92 Å². The number of piperidine rings is 1. The minimum Gasteiger partial charge on any atom is -0.477 e. The maximum absolute atomic E-state index is 11.5. The van der Waals surface area contributed by atoms with Crippen LogP contribution >= 0.6 is 0 Å². The third kappa shape index (κ3) is 2.90. The van der Waals surface area contributed by atoms with Gasteiger partial charge < -0.3 is 10.0 Å². The fourth-order valence-electron chi connectivity index (χ4n) is 2.78. The molecule has 1 atom stereocenters. The summed E-state index contributed by atoms with van der Waals surface area (Å²) in [5.41, 5.74) is 0.937. The minimum atomic E-state index is -0.994. The predicted octanol–water partition coefficient (Wildman–Crippen LogP) is 2.47. The molecule has 0 radical (unpaired) electrons. The molecule has 114 valence electrons. The summed E-state index contributed by atoms with van der Waals surface area (Å²) in [6.07, 6.45) is 6.97. The average molecular weight is 298 g/mol. The normalized spacial score (nSPS) is 18.2. The van der Waals surface area contributed by atoms with Crippen LogP contribution < -0.4 is 4.90 Å². The molecule has 0 aromatic carbocycles. The van der Waals surface area contributed by atoms with Gasteiger partial charge in [0.05, 0.1) is 0 Å². The lowest BCUT2D eigenvalue weighted by molar-refractivity contribution is 0.0696. The van der Waals surface area contributed by atoms with Crippen molar-refractivity contribution in [3.8, 4) is 11.4 Å². The summed E-state index contributed by atoms with van der Waals surface area (Å²) in [7, 11) is 0. The van der Waals surface area contributed by atoms with E-state index in [1.54, 1.807) is 12.4 Å². The number of rotatable bonds is 3. The van der Waals surface area contributed by atoms with Gasteiger partial charge in [0.25, 0.3) is 0 Å². The number of carbonyl (C=O) groups is 1. The highest BCUT2D eigenvalue weighted by Crippen LogP contribution is 2.26. The molecule has 0 saturated carbocycles. The molecule has 1 aliphatic heterocycles. The first kappa shape index (κ1) is 14.4. The number of hydrogen-bond donors (Lipinski definition) is 1. The Bertz CT molecular complexity index is 675. The van der Waals surface area contributed by atoms with Gasteiger partial charge in [-0.15, -0.1) is 0 Å². The second-order valence-corrected chi connectivity index (χ2v) is 5.67. The van der Waals surface area contributed by atoms with Gasteiger partial charge >= 0.3 is 5.97 Å². The highest BCUT2D eigenvalue weighted by molar-refractivity contribution is 5.93. The zero-order valence-electron chi connectivity index (χ0n) is 12.4. The number of anilines is 1. The Balaban J connectivity index is 2.03. The van der Waals surface area contributed by atoms with E-state index in [9.17, 15) is 9.90 Å². The molecular formula is C16H18N4O2. The van der Waals surface area contributed by atoms with Gasteiger partial charge in [-0.05, 0) is 30.9 Å². The molecule has 6 nitrogen and oxygen atoms in total. The number of aromatic carboxylic acids is 1. The van der Waals surface area contributed by atoms with E-state index >= 15 is 0 Å². The molecule has 3 heterocycles. The summed E-state index contributed by atoms with van der Waals surface area (Å²) in [4.78, 5) is 26.3. The first-order valence-corrected chi connectivity index (χ1v) is 7.41. The molecule has 22 heavy (non-hydrogen) atoms. The maximum Gasteiger partial charge on any atom is 0.341 e.